The predicted octanol–water partition coefficient (Wildman–Crippen LogP) is 0.941. The van der Waals surface area contributed by atoms with Crippen molar-refractivity contribution in [1.82, 2.24) is 0 Å². The van der Waals surface area contributed by atoms with Crippen LogP contribution in [-0.4, -0.2) is 15.7 Å². The Morgan fingerprint density at radius 1 is 0.714 bits per heavy atom. The summed E-state index contributed by atoms with van der Waals surface area (Å²) in [4.78, 5) is 0. The van der Waals surface area contributed by atoms with E-state index in [1.807, 2.05) is 48.5 Å². The van der Waals surface area contributed by atoms with Gasteiger partial charge >= 0.3 is 0 Å². The highest BCUT2D eigenvalue weighted by Gasteiger charge is 1.98. The van der Waals surface area contributed by atoms with Crippen LogP contribution in [0.25, 0.3) is 11.1 Å². The molecular formula is C12H8B2. The predicted molar refractivity (Wildman–Crippen MR) is 62.7 cm³/mol. The second kappa shape index (κ2) is 3.75. The maximum Gasteiger partial charge on any atom is 0.114 e. The van der Waals surface area contributed by atoms with E-state index in [0.29, 0.717) is 0 Å². The number of hydrogen-bond donors (Lipinski definition) is 0. The van der Waals surface area contributed by atoms with Crippen molar-refractivity contribution in [2.75, 3.05) is 0 Å². The molecule has 2 rings (SSSR count). The van der Waals surface area contributed by atoms with Crippen molar-refractivity contribution in [3.05, 3.63) is 48.5 Å². The molecule has 0 amide bonds. The maximum absolute atomic E-state index is 5.86. The summed E-state index contributed by atoms with van der Waals surface area (Å²) in [6, 6.07) is 15.5. The van der Waals surface area contributed by atoms with E-state index >= 15 is 0 Å². The highest BCUT2D eigenvalue weighted by Crippen LogP contribution is 2.14. The van der Waals surface area contributed by atoms with Crippen molar-refractivity contribution >= 4 is 26.6 Å². The van der Waals surface area contributed by atoms with Crippen molar-refractivity contribution in [2.45, 2.75) is 0 Å². The molecule has 0 heterocycles. The van der Waals surface area contributed by atoms with Gasteiger partial charge in [-0.25, -0.2) is 0 Å². The first-order valence-corrected chi connectivity index (χ1v) is 4.48. The molecule has 0 fully saturated rings. The van der Waals surface area contributed by atoms with Gasteiger partial charge in [-0.2, -0.15) is 0 Å². The van der Waals surface area contributed by atoms with Gasteiger partial charge in [-0.15, -0.1) is 0 Å². The van der Waals surface area contributed by atoms with Gasteiger partial charge in [0.2, 0.25) is 0 Å². The molecule has 0 unspecified atom stereocenters. The van der Waals surface area contributed by atoms with Gasteiger partial charge in [0, 0.05) is 0 Å². The molecule has 2 aromatic rings. The fourth-order valence-corrected chi connectivity index (χ4v) is 1.42. The topological polar surface area (TPSA) is 0 Å². The van der Waals surface area contributed by atoms with Crippen LogP contribution < -0.4 is 10.9 Å². The van der Waals surface area contributed by atoms with E-state index in [0.717, 1.165) is 22.1 Å². The summed E-state index contributed by atoms with van der Waals surface area (Å²) in [6.45, 7) is 0. The van der Waals surface area contributed by atoms with Crippen LogP contribution >= 0.6 is 0 Å². The smallest absolute Gasteiger partial charge is 0.0966 e. The quantitative estimate of drug-likeness (QED) is 0.564. The molecule has 14 heavy (non-hydrogen) atoms. The molecule has 0 saturated carbocycles. The molecule has 2 heteroatoms. The third-order valence-corrected chi connectivity index (χ3v) is 2.18. The summed E-state index contributed by atoms with van der Waals surface area (Å²) in [5.74, 6) is 0. The first kappa shape index (κ1) is 9.14. The summed E-state index contributed by atoms with van der Waals surface area (Å²) >= 11 is 0. The van der Waals surface area contributed by atoms with Crippen molar-refractivity contribution in [3.63, 3.8) is 0 Å². The summed E-state index contributed by atoms with van der Waals surface area (Å²) in [7, 11) is 11.5. The Kier molecular flexibility index (Phi) is 2.45. The third kappa shape index (κ3) is 1.74. The van der Waals surface area contributed by atoms with E-state index in [4.69, 9.17) is 15.7 Å². The molecule has 0 bridgehead atoms. The Balaban J connectivity index is 2.50. The monoisotopic (exact) mass is 174 g/mol. The molecule has 0 spiro atoms. The zero-order valence-electron chi connectivity index (χ0n) is 7.77. The van der Waals surface area contributed by atoms with Gasteiger partial charge in [0.1, 0.15) is 15.7 Å². The highest BCUT2D eigenvalue weighted by molar-refractivity contribution is 6.36. The van der Waals surface area contributed by atoms with Gasteiger partial charge in [-0.05, 0) is 11.1 Å². The Labute approximate surface area is 86.8 Å². The van der Waals surface area contributed by atoms with Gasteiger partial charge in [-0.1, -0.05) is 59.5 Å². The Morgan fingerprint density at radius 3 is 2.00 bits per heavy atom. The van der Waals surface area contributed by atoms with Gasteiger partial charge in [-0.3, -0.25) is 0 Å². The number of rotatable bonds is 1. The minimum Gasteiger partial charge on any atom is -0.0966 e. The lowest BCUT2D eigenvalue weighted by Crippen LogP contribution is -2.06. The fraction of sp³-hybridized carbons (Fsp3) is 0. The van der Waals surface area contributed by atoms with Gasteiger partial charge in [0.25, 0.3) is 0 Å². The Hall–Kier alpha value is -1.43. The second-order valence-corrected chi connectivity index (χ2v) is 3.21. The van der Waals surface area contributed by atoms with Crippen LogP contribution in [0.1, 0.15) is 0 Å². The standard InChI is InChI=1S/C12H8B2/c13-10-7-5-9(6-8-10)11-3-1-2-4-12(11)14/h1-8H. The second-order valence-electron chi connectivity index (χ2n) is 3.21. The third-order valence-electron chi connectivity index (χ3n) is 2.18. The number of hydrogen-bond acceptors (Lipinski definition) is 0. The summed E-state index contributed by atoms with van der Waals surface area (Å²) in [6.07, 6.45) is 0. The molecule has 2 aromatic carbocycles. The average molecular weight is 174 g/mol. The minimum atomic E-state index is 0.767. The molecule has 0 saturated heterocycles. The Bertz CT molecular complexity index is 432. The van der Waals surface area contributed by atoms with Crippen molar-refractivity contribution < 1.29 is 0 Å². The maximum atomic E-state index is 5.86. The molecule has 0 aliphatic rings. The number of benzene rings is 2. The van der Waals surface area contributed by atoms with E-state index in [1.54, 1.807) is 0 Å². The summed E-state index contributed by atoms with van der Waals surface area (Å²) in [5.41, 5.74) is 3.70. The van der Waals surface area contributed by atoms with Crippen LogP contribution in [0.15, 0.2) is 48.5 Å². The summed E-state index contributed by atoms with van der Waals surface area (Å²) in [5, 5.41) is 0. The highest BCUT2D eigenvalue weighted by atomic mass is 14.0. The lowest BCUT2D eigenvalue weighted by Gasteiger charge is -2.05. The molecule has 62 valence electrons. The first-order chi connectivity index (χ1) is 6.77. The zero-order chi connectivity index (χ0) is 9.97. The normalized spacial score (nSPS) is 10.0. The van der Waals surface area contributed by atoms with Crippen molar-refractivity contribution in [1.29, 1.82) is 0 Å². The van der Waals surface area contributed by atoms with E-state index in [9.17, 15) is 0 Å². The van der Waals surface area contributed by atoms with Crippen LogP contribution in [0.3, 0.4) is 0 Å². The van der Waals surface area contributed by atoms with Gasteiger partial charge < -0.3 is 0 Å². The molecular weight excluding hydrogens is 166 g/mol. The van der Waals surface area contributed by atoms with E-state index in [-0.39, 0.29) is 0 Å². The van der Waals surface area contributed by atoms with Crippen LogP contribution in [-0.2, 0) is 0 Å². The molecule has 0 aliphatic heterocycles. The van der Waals surface area contributed by atoms with Crippen molar-refractivity contribution in [3.8, 4) is 11.1 Å². The lowest BCUT2D eigenvalue weighted by molar-refractivity contribution is 1.67. The van der Waals surface area contributed by atoms with Crippen molar-refractivity contribution in [2.24, 2.45) is 0 Å². The van der Waals surface area contributed by atoms with Crippen LogP contribution in [0.2, 0.25) is 0 Å². The molecule has 0 N–H and O–H groups in total. The largest absolute Gasteiger partial charge is 0.114 e. The van der Waals surface area contributed by atoms with Crippen LogP contribution in [0.4, 0.5) is 0 Å². The van der Waals surface area contributed by atoms with Gasteiger partial charge in [0.05, 0.1) is 0 Å². The first-order valence-electron chi connectivity index (χ1n) is 4.48. The molecule has 0 aromatic heterocycles. The van der Waals surface area contributed by atoms with Crippen LogP contribution in [0.5, 0.6) is 0 Å². The fourth-order valence-electron chi connectivity index (χ4n) is 1.42. The van der Waals surface area contributed by atoms with E-state index in [2.05, 4.69) is 0 Å². The van der Waals surface area contributed by atoms with E-state index < -0.39 is 0 Å². The molecule has 4 radical (unpaired) electrons. The Morgan fingerprint density at radius 2 is 1.36 bits per heavy atom. The molecule has 0 aliphatic carbocycles. The van der Waals surface area contributed by atoms with Crippen LogP contribution in [0, 0.1) is 0 Å². The molecule has 0 nitrogen and oxygen atoms in total. The van der Waals surface area contributed by atoms with Gasteiger partial charge in [0.15, 0.2) is 0 Å². The summed E-state index contributed by atoms with van der Waals surface area (Å²) < 4.78 is 0. The zero-order valence-corrected chi connectivity index (χ0v) is 7.77. The van der Waals surface area contributed by atoms with E-state index in [1.165, 1.54) is 0 Å². The lowest BCUT2D eigenvalue weighted by atomic mass is 9.86. The molecule has 0 atom stereocenters. The minimum absolute atomic E-state index is 0.767. The SMILES string of the molecule is [B]c1ccc(-c2ccccc2[B])cc1. The average Bonchev–Trinajstić information content (AvgIpc) is 2.20.